The van der Waals surface area contributed by atoms with Crippen LogP contribution in [0.2, 0.25) is 0 Å². The van der Waals surface area contributed by atoms with Crippen molar-refractivity contribution in [2.24, 2.45) is 5.92 Å². The summed E-state index contributed by atoms with van der Waals surface area (Å²) < 4.78 is 0. The smallest absolute Gasteiger partial charge is 0.138 e. The van der Waals surface area contributed by atoms with Crippen LogP contribution in [0.5, 0.6) is 0 Å². The molecule has 3 atom stereocenters. The van der Waals surface area contributed by atoms with Crippen molar-refractivity contribution in [1.82, 2.24) is 9.80 Å². The van der Waals surface area contributed by atoms with Gasteiger partial charge >= 0.3 is 0 Å². The van der Waals surface area contributed by atoms with Crippen molar-refractivity contribution in [3.05, 3.63) is 0 Å². The maximum Gasteiger partial charge on any atom is 0.138 e. The van der Waals surface area contributed by atoms with Crippen molar-refractivity contribution in [2.45, 2.75) is 52.6 Å². The average molecular weight is 240 g/mol. The molecule has 0 spiro atoms. The van der Waals surface area contributed by atoms with Gasteiger partial charge in [-0.1, -0.05) is 13.8 Å². The SMILES string of the molecule is CCN1C(C)CC(=O)C(C)C1C.CN1CCC1. The number of Topliss-reactive ketones (excluding diaryl/α,β-unsaturated/α-hetero) is 1. The molecule has 0 radical (unpaired) electrons. The third kappa shape index (κ3) is 3.78. The van der Waals surface area contributed by atoms with E-state index in [9.17, 15) is 4.79 Å². The summed E-state index contributed by atoms with van der Waals surface area (Å²) >= 11 is 0. The van der Waals surface area contributed by atoms with Crippen molar-refractivity contribution in [1.29, 1.82) is 0 Å². The van der Waals surface area contributed by atoms with E-state index in [0.717, 1.165) is 13.0 Å². The number of ketones is 1. The summed E-state index contributed by atoms with van der Waals surface area (Å²) in [4.78, 5) is 16.2. The predicted molar refractivity (Wildman–Crippen MR) is 72.2 cm³/mol. The van der Waals surface area contributed by atoms with Crippen LogP contribution in [-0.4, -0.2) is 54.3 Å². The normalized spacial score (nSPS) is 34.9. The van der Waals surface area contributed by atoms with Crippen molar-refractivity contribution in [3.63, 3.8) is 0 Å². The van der Waals surface area contributed by atoms with Crippen LogP contribution in [0.25, 0.3) is 0 Å². The van der Waals surface area contributed by atoms with Crippen molar-refractivity contribution in [2.75, 3.05) is 26.7 Å². The molecule has 2 fully saturated rings. The molecule has 0 saturated carbocycles. The monoisotopic (exact) mass is 240 g/mol. The first-order chi connectivity index (χ1) is 7.97. The molecule has 3 nitrogen and oxygen atoms in total. The maximum atomic E-state index is 11.4. The molecule has 3 heteroatoms. The Kier molecular flexibility index (Phi) is 5.60. The standard InChI is InChI=1S/C10H19NO.C4H9N/c1-5-11-7(2)6-10(12)8(3)9(11)4;1-5-3-2-4-5/h7-9H,5-6H2,1-4H3;2-4H2,1H3. The van der Waals surface area contributed by atoms with Gasteiger partial charge in [-0.2, -0.15) is 0 Å². The molecule has 2 aliphatic rings. The highest BCUT2D eigenvalue weighted by atomic mass is 16.1. The minimum absolute atomic E-state index is 0.223. The summed E-state index contributed by atoms with van der Waals surface area (Å²) in [5.74, 6) is 0.654. The minimum atomic E-state index is 0.223. The number of piperidine rings is 1. The van der Waals surface area contributed by atoms with Gasteiger partial charge in [0, 0.05) is 24.4 Å². The van der Waals surface area contributed by atoms with Crippen molar-refractivity contribution in [3.8, 4) is 0 Å². The van der Waals surface area contributed by atoms with E-state index in [2.05, 4.69) is 37.6 Å². The van der Waals surface area contributed by atoms with Crippen molar-refractivity contribution >= 4 is 5.78 Å². The van der Waals surface area contributed by atoms with Gasteiger partial charge in [-0.3, -0.25) is 9.69 Å². The van der Waals surface area contributed by atoms with Crippen LogP contribution in [0.15, 0.2) is 0 Å². The number of nitrogens with zero attached hydrogens (tertiary/aromatic N) is 2. The van der Waals surface area contributed by atoms with E-state index in [-0.39, 0.29) is 5.92 Å². The third-order valence-electron chi connectivity index (χ3n) is 4.26. The lowest BCUT2D eigenvalue weighted by atomic mass is 9.87. The zero-order valence-electron chi connectivity index (χ0n) is 12.1. The van der Waals surface area contributed by atoms with Crippen LogP contribution in [-0.2, 0) is 4.79 Å². The average Bonchev–Trinajstić information content (AvgIpc) is 2.25. The molecule has 0 aliphatic carbocycles. The third-order valence-corrected chi connectivity index (χ3v) is 4.26. The highest BCUT2D eigenvalue weighted by Gasteiger charge is 2.33. The second kappa shape index (κ2) is 6.50. The first kappa shape index (κ1) is 14.7. The lowest BCUT2D eigenvalue weighted by Gasteiger charge is -2.41. The first-order valence-corrected chi connectivity index (χ1v) is 6.94. The van der Waals surface area contributed by atoms with Gasteiger partial charge in [-0.15, -0.1) is 0 Å². The zero-order chi connectivity index (χ0) is 13.0. The molecule has 17 heavy (non-hydrogen) atoms. The maximum absolute atomic E-state index is 11.4. The summed E-state index contributed by atoms with van der Waals surface area (Å²) in [6.45, 7) is 12.2. The summed E-state index contributed by atoms with van der Waals surface area (Å²) in [7, 11) is 2.14. The van der Waals surface area contributed by atoms with Crippen molar-refractivity contribution < 1.29 is 4.79 Å². The number of carbonyl (C=O) groups excluding carboxylic acids is 1. The molecule has 0 aromatic heterocycles. The van der Waals surface area contributed by atoms with Crippen LogP contribution in [0.4, 0.5) is 0 Å². The number of hydrogen-bond donors (Lipinski definition) is 0. The molecule has 3 unspecified atom stereocenters. The van der Waals surface area contributed by atoms with E-state index >= 15 is 0 Å². The summed E-state index contributed by atoms with van der Waals surface area (Å²) in [5, 5.41) is 0. The first-order valence-electron chi connectivity index (χ1n) is 6.94. The van der Waals surface area contributed by atoms with Gasteiger partial charge in [-0.05, 0) is 47.0 Å². The fourth-order valence-electron chi connectivity index (χ4n) is 2.63. The second-order valence-corrected chi connectivity index (χ2v) is 5.54. The molecule has 2 heterocycles. The van der Waals surface area contributed by atoms with Crippen LogP contribution in [0, 0.1) is 5.92 Å². The van der Waals surface area contributed by atoms with Gasteiger partial charge in [-0.25, -0.2) is 0 Å². The summed E-state index contributed by atoms with van der Waals surface area (Å²) in [5.41, 5.74) is 0. The Morgan fingerprint density at radius 1 is 1.24 bits per heavy atom. The van der Waals surface area contributed by atoms with Crippen LogP contribution in [0.3, 0.4) is 0 Å². The molecule has 2 aliphatic heterocycles. The van der Waals surface area contributed by atoms with Gasteiger partial charge in [0.05, 0.1) is 0 Å². The van der Waals surface area contributed by atoms with Crippen LogP contribution >= 0.6 is 0 Å². The summed E-state index contributed by atoms with van der Waals surface area (Å²) in [6.07, 6.45) is 2.15. The highest BCUT2D eigenvalue weighted by Crippen LogP contribution is 2.24. The molecular formula is C14H28N2O. The van der Waals surface area contributed by atoms with Gasteiger partial charge < -0.3 is 4.90 Å². The van der Waals surface area contributed by atoms with E-state index in [1.54, 1.807) is 0 Å². The molecule has 0 amide bonds. The van der Waals surface area contributed by atoms with E-state index in [0.29, 0.717) is 17.9 Å². The van der Waals surface area contributed by atoms with E-state index < -0.39 is 0 Å². The Morgan fingerprint density at radius 3 is 2.12 bits per heavy atom. The van der Waals surface area contributed by atoms with Crippen LogP contribution < -0.4 is 0 Å². The second-order valence-electron chi connectivity index (χ2n) is 5.54. The van der Waals surface area contributed by atoms with E-state index in [1.807, 2.05) is 6.92 Å². The van der Waals surface area contributed by atoms with Gasteiger partial charge in [0.15, 0.2) is 0 Å². The Morgan fingerprint density at radius 2 is 1.76 bits per heavy atom. The van der Waals surface area contributed by atoms with Gasteiger partial charge in [0.25, 0.3) is 0 Å². The number of rotatable bonds is 1. The lowest BCUT2D eigenvalue weighted by Crippen LogP contribution is -2.51. The number of hydrogen-bond acceptors (Lipinski definition) is 3. The van der Waals surface area contributed by atoms with Gasteiger partial charge in [0.1, 0.15) is 5.78 Å². The minimum Gasteiger partial charge on any atom is -0.306 e. The zero-order valence-corrected chi connectivity index (χ0v) is 12.1. The van der Waals surface area contributed by atoms with Gasteiger partial charge in [0.2, 0.25) is 0 Å². The molecule has 2 rings (SSSR count). The fourth-order valence-corrected chi connectivity index (χ4v) is 2.63. The molecule has 2 saturated heterocycles. The topological polar surface area (TPSA) is 23.6 Å². The number of carbonyl (C=O) groups is 1. The largest absolute Gasteiger partial charge is 0.306 e. The molecule has 0 aromatic rings. The number of likely N-dealkylation sites (tertiary alicyclic amines) is 2. The molecule has 0 bridgehead atoms. The quantitative estimate of drug-likeness (QED) is 0.700. The Labute approximate surface area is 106 Å². The molecule has 0 aromatic carbocycles. The highest BCUT2D eigenvalue weighted by molar-refractivity contribution is 5.82. The fraction of sp³-hybridized carbons (Fsp3) is 0.929. The molecule has 100 valence electrons. The molecular weight excluding hydrogens is 212 g/mol. The molecule has 0 N–H and O–H groups in total. The van der Waals surface area contributed by atoms with E-state index in [1.165, 1.54) is 19.5 Å². The Bertz CT molecular complexity index is 251. The van der Waals surface area contributed by atoms with Crippen LogP contribution in [0.1, 0.15) is 40.5 Å². The Hall–Kier alpha value is -0.410. The predicted octanol–water partition coefficient (Wildman–Crippen LogP) is 2.02. The lowest BCUT2D eigenvalue weighted by molar-refractivity contribution is -0.129. The summed E-state index contributed by atoms with van der Waals surface area (Å²) in [6, 6.07) is 0.861. The Balaban J connectivity index is 0.000000239. The van der Waals surface area contributed by atoms with E-state index in [4.69, 9.17) is 0 Å².